The van der Waals surface area contributed by atoms with Crippen molar-refractivity contribution in [3.8, 4) is 5.69 Å². The summed E-state index contributed by atoms with van der Waals surface area (Å²) in [6.07, 6.45) is 2.75. The summed E-state index contributed by atoms with van der Waals surface area (Å²) in [6.45, 7) is 2.44. The Morgan fingerprint density at radius 2 is 1.72 bits per heavy atom. The van der Waals surface area contributed by atoms with Gasteiger partial charge in [0.05, 0.1) is 23.4 Å². The molecule has 3 heterocycles. The van der Waals surface area contributed by atoms with Gasteiger partial charge in [-0.05, 0) is 42.8 Å². The summed E-state index contributed by atoms with van der Waals surface area (Å²) in [6, 6.07) is 22.6. The molecule has 6 heteroatoms. The molecule has 6 rings (SSSR count). The van der Waals surface area contributed by atoms with E-state index in [1.54, 1.807) is 29.1 Å². The molecule has 0 aliphatic carbocycles. The van der Waals surface area contributed by atoms with Crippen LogP contribution in [0.3, 0.4) is 0 Å². The second-order valence-corrected chi connectivity index (χ2v) is 8.62. The van der Waals surface area contributed by atoms with Crippen molar-refractivity contribution >= 4 is 22.5 Å². The van der Waals surface area contributed by atoms with Crippen LogP contribution in [0.25, 0.3) is 16.6 Å². The van der Waals surface area contributed by atoms with Crippen molar-refractivity contribution in [2.75, 3.05) is 18.0 Å². The molecule has 0 saturated carbocycles. The van der Waals surface area contributed by atoms with E-state index in [1.165, 1.54) is 11.6 Å². The Kier molecular flexibility index (Phi) is 4.54. The molecular formula is C26H23FN4O. The number of rotatable bonds is 4. The first-order chi connectivity index (χ1) is 15.7. The molecule has 32 heavy (non-hydrogen) atoms. The molecule has 2 saturated heterocycles. The fraction of sp³-hybridized carbons (Fsp3) is 0.231. The number of likely N-dealkylation sites (tertiary alicyclic amines) is 1. The van der Waals surface area contributed by atoms with Crippen molar-refractivity contribution in [2.45, 2.75) is 19.0 Å². The van der Waals surface area contributed by atoms with Crippen molar-refractivity contribution in [3.63, 3.8) is 0 Å². The minimum atomic E-state index is -0.328. The van der Waals surface area contributed by atoms with Gasteiger partial charge in [0.2, 0.25) is 5.91 Å². The Morgan fingerprint density at radius 3 is 2.56 bits per heavy atom. The van der Waals surface area contributed by atoms with Gasteiger partial charge < -0.3 is 4.90 Å². The van der Waals surface area contributed by atoms with E-state index >= 15 is 0 Å². The highest BCUT2D eigenvalue weighted by Crippen LogP contribution is 2.38. The van der Waals surface area contributed by atoms with Crippen LogP contribution in [-0.2, 0) is 11.3 Å². The van der Waals surface area contributed by atoms with E-state index in [9.17, 15) is 9.18 Å². The number of carbonyl (C=O) groups is 1. The molecule has 0 unspecified atom stereocenters. The van der Waals surface area contributed by atoms with E-state index < -0.39 is 0 Å². The van der Waals surface area contributed by atoms with Gasteiger partial charge in [-0.3, -0.25) is 9.69 Å². The number of amides is 1. The van der Waals surface area contributed by atoms with Crippen molar-refractivity contribution in [1.82, 2.24) is 14.7 Å². The quantitative estimate of drug-likeness (QED) is 0.486. The molecule has 160 valence electrons. The third-order valence-electron chi connectivity index (χ3n) is 6.75. The molecule has 1 aromatic heterocycles. The van der Waals surface area contributed by atoms with Crippen LogP contribution in [0.2, 0.25) is 0 Å². The largest absolute Gasteiger partial charge is 0.310 e. The van der Waals surface area contributed by atoms with Crippen molar-refractivity contribution in [2.24, 2.45) is 5.92 Å². The zero-order valence-corrected chi connectivity index (χ0v) is 17.6. The van der Waals surface area contributed by atoms with E-state index in [0.717, 1.165) is 36.1 Å². The first-order valence-corrected chi connectivity index (χ1v) is 11.0. The Labute approximate surface area is 185 Å². The van der Waals surface area contributed by atoms with Crippen LogP contribution >= 0.6 is 0 Å². The number of aromatic nitrogens is 2. The van der Waals surface area contributed by atoms with Crippen LogP contribution in [0, 0.1) is 11.7 Å². The third-order valence-corrected chi connectivity index (χ3v) is 6.75. The molecule has 2 aliphatic rings. The molecule has 2 aliphatic heterocycles. The molecule has 2 atom stereocenters. The molecule has 1 amide bonds. The molecule has 0 radical (unpaired) electrons. The third kappa shape index (κ3) is 3.02. The van der Waals surface area contributed by atoms with Crippen LogP contribution in [0.15, 0.2) is 79.0 Å². The summed E-state index contributed by atoms with van der Waals surface area (Å²) in [5.74, 6) is 0.142. The van der Waals surface area contributed by atoms with Crippen LogP contribution in [-0.4, -0.2) is 39.7 Å². The van der Waals surface area contributed by atoms with E-state index in [4.69, 9.17) is 0 Å². The predicted molar refractivity (Wildman–Crippen MR) is 122 cm³/mol. The van der Waals surface area contributed by atoms with Gasteiger partial charge >= 0.3 is 0 Å². The molecule has 4 aromatic rings. The minimum Gasteiger partial charge on any atom is -0.310 e. The Morgan fingerprint density at radius 1 is 0.938 bits per heavy atom. The topological polar surface area (TPSA) is 41.4 Å². The van der Waals surface area contributed by atoms with Gasteiger partial charge in [0.25, 0.3) is 0 Å². The summed E-state index contributed by atoms with van der Waals surface area (Å²) in [7, 11) is 0. The number of hydrogen-bond acceptors (Lipinski definition) is 3. The fourth-order valence-corrected chi connectivity index (χ4v) is 5.26. The van der Waals surface area contributed by atoms with Gasteiger partial charge in [0.15, 0.2) is 0 Å². The van der Waals surface area contributed by atoms with Gasteiger partial charge in [-0.15, -0.1) is 0 Å². The van der Waals surface area contributed by atoms with Crippen LogP contribution in [0.4, 0.5) is 10.1 Å². The summed E-state index contributed by atoms with van der Waals surface area (Å²) in [5, 5.41) is 5.31. The van der Waals surface area contributed by atoms with Gasteiger partial charge in [-0.2, -0.15) is 5.10 Å². The molecular weight excluding hydrogens is 403 g/mol. The predicted octanol–water partition coefficient (Wildman–Crippen LogP) is 4.40. The highest BCUT2D eigenvalue weighted by molar-refractivity contribution is 6.06. The maximum absolute atomic E-state index is 14.4. The normalized spacial score (nSPS) is 20.9. The smallest absolute Gasteiger partial charge is 0.244 e. The van der Waals surface area contributed by atoms with E-state index in [-0.39, 0.29) is 17.8 Å². The highest BCUT2D eigenvalue weighted by atomic mass is 19.1. The molecule has 0 N–H and O–H groups in total. The lowest BCUT2D eigenvalue weighted by Crippen LogP contribution is -2.39. The number of benzene rings is 3. The van der Waals surface area contributed by atoms with Gasteiger partial charge in [0, 0.05) is 24.4 Å². The van der Waals surface area contributed by atoms with Crippen LogP contribution < -0.4 is 4.90 Å². The van der Waals surface area contributed by atoms with E-state index in [1.807, 2.05) is 41.3 Å². The summed E-state index contributed by atoms with van der Waals surface area (Å²) >= 11 is 0. The average molecular weight is 426 g/mol. The number of nitrogens with zero attached hydrogens (tertiary/aromatic N) is 4. The van der Waals surface area contributed by atoms with Crippen LogP contribution in [0.5, 0.6) is 0 Å². The first kappa shape index (κ1) is 19.2. The molecule has 0 bridgehead atoms. The SMILES string of the molecule is O=C1[C@H]2[C@H](CCN2Cc2ccccc2)CN1c1cccc2c1cnn2-c1ccccc1F. The molecule has 5 nitrogen and oxygen atoms in total. The monoisotopic (exact) mass is 426 g/mol. The second-order valence-electron chi connectivity index (χ2n) is 8.62. The Hall–Kier alpha value is -3.51. The first-order valence-electron chi connectivity index (χ1n) is 11.0. The standard InChI is InChI=1S/C26H23FN4O/c27-21-9-4-5-10-24(21)31-23-12-6-11-22(20(23)15-28-31)30-17-19-13-14-29(25(19)26(30)32)16-18-7-2-1-3-8-18/h1-12,15,19,25H,13-14,16-17H2/t19-,25-/m1/s1. The Bertz CT molecular complexity index is 1300. The fourth-order valence-electron chi connectivity index (χ4n) is 5.26. The molecule has 3 aromatic carbocycles. The van der Waals surface area contributed by atoms with Crippen LogP contribution in [0.1, 0.15) is 12.0 Å². The maximum atomic E-state index is 14.4. The van der Waals surface area contributed by atoms with Gasteiger partial charge in [0.1, 0.15) is 11.5 Å². The number of fused-ring (bicyclic) bond motifs is 2. The van der Waals surface area contributed by atoms with Gasteiger partial charge in [-0.25, -0.2) is 9.07 Å². The number of halogens is 1. The Balaban J connectivity index is 1.33. The number of anilines is 1. The van der Waals surface area contributed by atoms with Crippen molar-refractivity contribution in [3.05, 3.63) is 90.4 Å². The van der Waals surface area contributed by atoms with E-state index in [2.05, 4.69) is 22.1 Å². The lowest BCUT2D eigenvalue weighted by Gasteiger charge is -2.24. The average Bonchev–Trinajstić information content (AvgIpc) is 3.50. The molecule has 2 fully saturated rings. The number of para-hydroxylation sites is 1. The highest BCUT2D eigenvalue weighted by Gasteiger charge is 2.48. The molecule has 0 spiro atoms. The zero-order chi connectivity index (χ0) is 21.7. The van der Waals surface area contributed by atoms with Crippen molar-refractivity contribution < 1.29 is 9.18 Å². The number of hydrogen-bond donors (Lipinski definition) is 0. The lowest BCUT2D eigenvalue weighted by molar-refractivity contribution is -0.121. The lowest BCUT2D eigenvalue weighted by atomic mass is 10.0. The maximum Gasteiger partial charge on any atom is 0.244 e. The van der Waals surface area contributed by atoms with Gasteiger partial charge in [-0.1, -0.05) is 48.5 Å². The minimum absolute atomic E-state index is 0.0907. The summed E-state index contributed by atoms with van der Waals surface area (Å²) in [5.41, 5.74) is 3.27. The van der Waals surface area contributed by atoms with Crippen molar-refractivity contribution in [1.29, 1.82) is 0 Å². The summed E-state index contributed by atoms with van der Waals surface area (Å²) in [4.78, 5) is 17.8. The summed E-state index contributed by atoms with van der Waals surface area (Å²) < 4.78 is 16.0. The number of carbonyl (C=O) groups excluding carboxylic acids is 1. The second kappa shape index (κ2) is 7.57. The zero-order valence-electron chi connectivity index (χ0n) is 17.6. The van der Waals surface area contributed by atoms with E-state index in [0.29, 0.717) is 18.2 Å².